The highest BCUT2D eigenvalue weighted by Crippen LogP contribution is 2.30. The van der Waals surface area contributed by atoms with Crippen LogP contribution in [0.25, 0.3) is 11.3 Å². The van der Waals surface area contributed by atoms with Crippen LogP contribution in [0.3, 0.4) is 0 Å². The summed E-state index contributed by atoms with van der Waals surface area (Å²) >= 11 is 0. The Kier molecular flexibility index (Phi) is 3.62. The Morgan fingerprint density at radius 3 is 2.68 bits per heavy atom. The van der Waals surface area contributed by atoms with Gasteiger partial charge in [-0.3, -0.25) is 0 Å². The van der Waals surface area contributed by atoms with Crippen LogP contribution in [0.15, 0.2) is 24.3 Å². The van der Waals surface area contributed by atoms with Crippen LogP contribution in [-0.4, -0.2) is 24.1 Å². The normalized spacial score (nSPS) is 9.79. The molecule has 1 heterocycles. The van der Waals surface area contributed by atoms with Gasteiger partial charge in [-0.15, -0.1) is 0 Å². The van der Waals surface area contributed by atoms with Crippen molar-refractivity contribution in [3.63, 3.8) is 0 Å². The molecular formula is C14H14N4O. The van der Waals surface area contributed by atoms with E-state index in [1.54, 1.807) is 32.4 Å². The molecule has 2 aromatic rings. The van der Waals surface area contributed by atoms with Crippen LogP contribution in [0.2, 0.25) is 0 Å². The maximum Gasteiger partial charge on any atom is 0.223 e. The number of hydrogen-bond acceptors (Lipinski definition) is 5. The van der Waals surface area contributed by atoms with Crippen LogP contribution in [0.5, 0.6) is 5.75 Å². The van der Waals surface area contributed by atoms with Crippen LogP contribution in [-0.2, 0) is 0 Å². The van der Waals surface area contributed by atoms with Gasteiger partial charge in [0.25, 0.3) is 0 Å². The van der Waals surface area contributed by atoms with Crippen molar-refractivity contribution in [2.24, 2.45) is 0 Å². The fraction of sp³-hybridized carbons (Fsp3) is 0.214. The van der Waals surface area contributed by atoms with E-state index in [1.165, 1.54) is 0 Å². The average molecular weight is 254 g/mol. The second-order valence-corrected chi connectivity index (χ2v) is 4.00. The smallest absolute Gasteiger partial charge is 0.223 e. The predicted octanol–water partition coefficient (Wildman–Crippen LogP) is 2.37. The summed E-state index contributed by atoms with van der Waals surface area (Å²) in [4.78, 5) is 8.64. The Morgan fingerprint density at radius 2 is 2.05 bits per heavy atom. The SMILES string of the molecule is CNc1nc(C)cc(-c2cc(C#N)ccc2OC)n1. The van der Waals surface area contributed by atoms with Crippen molar-refractivity contribution in [3.05, 3.63) is 35.5 Å². The molecule has 0 spiro atoms. The van der Waals surface area contributed by atoms with Crippen molar-refractivity contribution in [2.75, 3.05) is 19.5 Å². The molecule has 5 heteroatoms. The van der Waals surface area contributed by atoms with Crippen LogP contribution in [0, 0.1) is 18.3 Å². The van der Waals surface area contributed by atoms with E-state index >= 15 is 0 Å². The number of ether oxygens (including phenoxy) is 1. The molecule has 1 aromatic heterocycles. The van der Waals surface area contributed by atoms with E-state index in [-0.39, 0.29) is 0 Å². The topological polar surface area (TPSA) is 70.8 Å². The molecule has 0 radical (unpaired) electrons. The molecule has 0 unspecified atom stereocenters. The van der Waals surface area contributed by atoms with E-state index in [1.807, 2.05) is 13.0 Å². The van der Waals surface area contributed by atoms with E-state index in [0.717, 1.165) is 17.0 Å². The quantitative estimate of drug-likeness (QED) is 0.910. The molecule has 0 amide bonds. The lowest BCUT2D eigenvalue weighted by molar-refractivity contribution is 0.416. The Balaban J connectivity index is 2.63. The molecule has 1 N–H and O–H groups in total. The van der Waals surface area contributed by atoms with Gasteiger partial charge >= 0.3 is 0 Å². The lowest BCUT2D eigenvalue weighted by Crippen LogP contribution is -2.00. The number of anilines is 1. The van der Waals surface area contributed by atoms with Gasteiger partial charge in [0.15, 0.2) is 0 Å². The van der Waals surface area contributed by atoms with E-state index in [2.05, 4.69) is 21.4 Å². The highest BCUT2D eigenvalue weighted by atomic mass is 16.5. The summed E-state index contributed by atoms with van der Waals surface area (Å²) in [7, 11) is 3.36. The largest absolute Gasteiger partial charge is 0.496 e. The van der Waals surface area contributed by atoms with E-state index in [0.29, 0.717) is 17.3 Å². The molecule has 0 aliphatic heterocycles. The van der Waals surface area contributed by atoms with Crippen molar-refractivity contribution < 1.29 is 4.74 Å². The lowest BCUT2D eigenvalue weighted by atomic mass is 10.1. The summed E-state index contributed by atoms with van der Waals surface area (Å²) in [5, 5.41) is 11.9. The number of benzene rings is 1. The van der Waals surface area contributed by atoms with E-state index < -0.39 is 0 Å². The Morgan fingerprint density at radius 1 is 1.26 bits per heavy atom. The molecule has 0 aliphatic carbocycles. The third kappa shape index (κ3) is 2.63. The zero-order valence-corrected chi connectivity index (χ0v) is 11.1. The number of hydrogen-bond donors (Lipinski definition) is 1. The van der Waals surface area contributed by atoms with Gasteiger partial charge in [-0.25, -0.2) is 9.97 Å². The van der Waals surface area contributed by atoms with Gasteiger partial charge in [0.05, 0.1) is 24.4 Å². The lowest BCUT2D eigenvalue weighted by Gasteiger charge is -2.10. The maximum atomic E-state index is 8.99. The van der Waals surface area contributed by atoms with Crippen molar-refractivity contribution in [2.45, 2.75) is 6.92 Å². The minimum absolute atomic E-state index is 0.541. The molecule has 19 heavy (non-hydrogen) atoms. The van der Waals surface area contributed by atoms with Crippen molar-refractivity contribution >= 4 is 5.95 Å². The molecule has 2 rings (SSSR count). The molecule has 0 saturated heterocycles. The minimum atomic E-state index is 0.541. The van der Waals surface area contributed by atoms with Gasteiger partial charge in [0.1, 0.15) is 5.75 Å². The van der Waals surface area contributed by atoms with Crippen molar-refractivity contribution in [3.8, 4) is 23.1 Å². The average Bonchev–Trinajstić information content (AvgIpc) is 2.45. The molecule has 1 aromatic carbocycles. The molecule has 0 saturated carbocycles. The highest BCUT2D eigenvalue weighted by Gasteiger charge is 2.10. The van der Waals surface area contributed by atoms with E-state index in [9.17, 15) is 0 Å². The first kappa shape index (κ1) is 12.8. The number of rotatable bonds is 3. The van der Waals surface area contributed by atoms with Gasteiger partial charge in [0, 0.05) is 18.3 Å². The van der Waals surface area contributed by atoms with Gasteiger partial charge in [0.2, 0.25) is 5.95 Å². The second-order valence-electron chi connectivity index (χ2n) is 4.00. The summed E-state index contributed by atoms with van der Waals surface area (Å²) in [6.07, 6.45) is 0. The van der Waals surface area contributed by atoms with E-state index in [4.69, 9.17) is 10.00 Å². The zero-order valence-electron chi connectivity index (χ0n) is 11.1. The number of nitrogens with one attached hydrogen (secondary N) is 1. The molecule has 96 valence electrons. The van der Waals surface area contributed by atoms with Crippen molar-refractivity contribution in [1.82, 2.24) is 9.97 Å². The number of nitrogens with zero attached hydrogens (tertiary/aromatic N) is 3. The Labute approximate surface area is 111 Å². The number of methoxy groups -OCH3 is 1. The first-order chi connectivity index (χ1) is 9.17. The fourth-order valence-electron chi connectivity index (χ4n) is 1.80. The standard InChI is InChI=1S/C14H14N4O/c1-9-6-12(18-14(16-2)17-9)11-7-10(8-15)4-5-13(11)19-3/h4-7H,1-3H3,(H,16,17,18). The van der Waals surface area contributed by atoms with Crippen LogP contribution < -0.4 is 10.1 Å². The molecule has 0 atom stereocenters. The molecule has 0 aliphatic rings. The van der Waals surface area contributed by atoms with Gasteiger partial charge in [-0.2, -0.15) is 5.26 Å². The summed E-state index contributed by atoms with van der Waals surface area (Å²) < 4.78 is 5.32. The molecule has 0 fully saturated rings. The third-order valence-electron chi connectivity index (χ3n) is 2.68. The summed E-state index contributed by atoms with van der Waals surface area (Å²) in [5.41, 5.74) is 2.92. The summed E-state index contributed by atoms with van der Waals surface area (Å²) in [6, 6.07) is 9.23. The van der Waals surface area contributed by atoms with Gasteiger partial charge in [-0.1, -0.05) is 0 Å². The Hall–Kier alpha value is -2.61. The predicted molar refractivity (Wildman–Crippen MR) is 73.0 cm³/mol. The monoisotopic (exact) mass is 254 g/mol. The Bertz CT molecular complexity index is 646. The molecular weight excluding hydrogens is 240 g/mol. The van der Waals surface area contributed by atoms with Crippen LogP contribution >= 0.6 is 0 Å². The van der Waals surface area contributed by atoms with Crippen LogP contribution in [0.4, 0.5) is 5.95 Å². The van der Waals surface area contributed by atoms with Gasteiger partial charge in [-0.05, 0) is 31.2 Å². The molecule has 0 bridgehead atoms. The first-order valence-electron chi connectivity index (χ1n) is 5.80. The van der Waals surface area contributed by atoms with Crippen molar-refractivity contribution in [1.29, 1.82) is 5.26 Å². The number of aromatic nitrogens is 2. The van der Waals surface area contributed by atoms with Crippen LogP contribution in [0.1, 0.15) is 11.3 Å². The fourth-order valence-corrected chi connectivity index (χ4v) is 1.80. The second kappa shape index (κ2) is 5.36. The maximum absolute atomic E-state index is 8.99. The first-order valence-corrected chi connectivity index (χ1v) is 5.80. The number of nitriles is 1. The number of aryl methyl sites for hydroxylation is 1. The minimum Gasteiger partial charge on any atom is -0.496 e. The third-order valence-corrected chi connectivity index (χ3v) is 2.68. The molecule has 5 nitrogen and oxygen atoms in total. The summed E-state index contributed by atoms with van der Waals surface area (Å²) in [5.74, 6) is 1.22. The summed E-state index contributed by atoms with van der Waals surface area (Å²) in [6.45, 7) is 1.90. The van der Waals surface area contributed by atoms with Gasteiger partial charge < -0.3 is 10.1 Å². The zero-order chi connectivity index (χ0) is 13.8. The highest BCUT2D eigenvalue weighted by molar-refractivity contribution is 5.70.